The summed E-state index contributed by atoms with van der Waals surface area (Å²) in [5.74, 6) is 1.75. The first-order chi connectivity index (χ1) is 9.35. The summed E-state index contributed by atoms with van der Waals surface area (Å²) in [5.41, 5.74) is 3.11. The Bertz CT molecular complexity index is 717. The van der Waals surface area contributed by atoms with E-state index in [0.717, 1.165) is 34.7 Å². The Kier molecular flexibility index (Phi) is 2.87. The molecule has 0 atom stereocenters. The molecule has 0 aliphatic rings. The maximum absolute atomic E-state index is 4.42. The number of para-hydroxylation sites is 2. The lowest BCUT2D eigenvalue weighted by atomic mass is 10.2. The molecule has 0 spiro atoms. The summed E-state index contributed by atoms with van der Waals surface area (Å²) in [6.07, 6.45) is 4.25. The largest absolute Gasteiger partial charge is 0.373 e. The zero-order valence-corrected chi connectivity index (χ0v) is 11.0. The topological polar surface area (TPSA) is 55.6 Å². The van der Waals surface area contributed by atoms with E-state index in [1.54, 1.807) is 6.33 Å². The van der Waals surface area contributed by atoms with Gasteiger partial charge in [-0.2, -0.15) is 0 Å². The second-order valence-electron chi connectivity index (χ2n) is 4.23. The van der Waals surface area contributed by atoms with E-state index in [9.17, 15) is 0 Å². The van der Waals surface area contributed by atoms with Gasteiger partial charge in [-0.25, -0.2) is 15.0 Å². The average Bonchev–Trinajstić information content (AvgIpc) is 2.90. The van der Waals surface area contributed by atoms with Crippen LogP contribution in [0.3, 0.4) is 0 Å². The molecule has 96 valence electrons. The highest BCUT2D eigenvalue weighted by Crippen LogP contribution is 2.23. The maximum Gasteiger partial charge on any atom is 0.147 e. The minimum Gasteiger partial charge on any atom is -0.373 e. The van der Waals surface area contributed by atoms with Crippen molar-refractivity contribution in [2.24, 2.45) is 0 Å². The lowest BCUT2D eigenvalue weighted by Crippen LogP contribution is -2.06. The fraction of sp³-hybridized carbons (Fsp3) is 0.214. The van der Waals surface area contributed by atoms with Crippen molar-refractivity contribution in [2.45, 2.75) is 13.3 Å². The smallest absolute Gasteiger partial charge is 0.147 e. The lowest BCUT2D eigenvalue weighted by Gasteiger charge is -2.12. The van der Waals surface area contributed by atoms with Crippen molar-refractivity contribution in [2.75, 3.05) is 12.4 Å². The molecule has 2 heterocycles. The summed E-state index contributed by atoms with van der Waals surface area (Å²) >= 11 is 0. The molecule has 2 aromatic heterocycles. The van der Waals surface area contributed by atoms with Crippen molar-refractivity contribution in [1.29, 1.82) is 0 Å². The minimum absolute atomic E-state index is 0.860. The maximum atomic E-state index is 4.42. The number of fused-ring (bicyclic) bond motifs is 1. The Labute approximate surface area is 111 Å². The van der Waals surface area contributed by atoms with Gasteiger partial charge in [0.15, 0.2) is 0 Å². The first-order valence-electron chi connectivity index (χ1n) is 6.29. The third kappa shape index (κ3) is 1.83. The Morgan fingerprint density at radius 2 is 2.00 bits per heavy atom. The van der Waals surface area contributed by atoms with E-state index in [0.29, 0.717) is 0 Å². The van der Waals surface area contributed by atoms with E-state index in [-0.39, 0.29) is 0 Å². The van der Waals surface area contributed by atoms with Gasteiger partial charge in [0.25, 0.3) is 0 Å². The van der Waals surface area contributed by atoms with Gasteiger partial charge in [-0.15, -0.1) is 0 Å². The van der Waals surface area contributed by atoms with Gasteiger partial charge >= 0.3 is 0 Å². The van der Waals surface area contributed by atoms with Crippen LogP contribution in [0.25, 0.3) is 16.9 Å². The van der Waals surface area contributed by atoms with E-state index in [1.807, 2.05) is 42.2 Å². The second-order valence-corrected chi connectivity index (χ2v) is 4.23. The van der Waals surface area contributed by atoms with E-state index >= 15 is 0 Å². The molecule has 0 saturated heterocycles. The highest BCUT2D eigenvalue weighted by atomic mass is 15.1. The van der Waals surface area contributed by atoms with Crippen LogP contribution < -0.4 is 5.32 Å². The van der Waals surface area contributed by atoms with Crippen LogP contribution >= 0.6 is 0 Å². The summed E-state index contributed by atoms with van der Waals surface area (Å²) in [6.45, 7) is 2.10. The zero-order valence-electron chi connectivity index (χ0n) is 11.0. The number of aromatic nitrogens is 4. The van der Waals surface area contributed by atoms with Crippen LogP contribution in [0.5, 0.6) is 0 Å². The second kappa shape index (κ2) is 4.68. The van der Waals surface area contributed by atoms with Gasteiger partial charge in [0, 0.05) is 12.6 Å². The van der Waals surface area contributed by atoms with Gasteiger partial charge in [0.2, 0.25) is 0 Å². The van der Waals surface area contributed by atoms with Crippen LogP contribution in [-0.2, 0) is 6.42 Å². The van der Waals surface area contributed by atoms with Crippen molar-refractivity contribution in [3.8, 4) is 5.82 Å². The molecule has 1 N–H and O–H groups in total. The lowest BCUT2D eigenvalue weighted by molar-refractivity contribution is 0.940. The predicted molar refractivity (Wildman–Crippen MR) is 75.6 cm³/mol. The van der Waals surface area contributed by atoms with Gasteiger partial charge in [-0.05, 0) is 18.6 Å². The number of anilines is 1. The molecule has 0 aliphatic heterocycles. The SMILES string of the molecule is CCc1c(NC)ncnc1-n1cnc2ccccc21. The number of rotatable bonds is 3. The van der Waals surface area contributed by atoms with Crippen molar-refractivity contribution in [1.82, 2.24) is 19.5 Å². The number of nitrogens with zero attached hydrogens (tertiary/aromatic N) is 4. The van der Waals surface area contributed by atoms with E-state index in [1.165, 1.54) is 0 Å². The molecule has 0 bridgehead atoms. The average molecular weight is 253 g/mol. The summed E-state index contributed by atoms with van der Waals surface area (Å²) in [7, 11) is 1.87. The summed E-state index contributed by atoms with van der Waals surface area (Å²) in [6, 6.07) is 8.03. The van der Waals surface area contributed by atoms with Crippen molar-refractivity contribution in [3.05, 3.63) is 42.5 Å². The highest BCUT2D eigenvalue weighted by molar-refractivity contribution is 5.77. The van der Waals surface area contributed by atoms with Crippen LogP contribution in [0.15, 0.2) is 36.9 Å². The third-order valence-electron chi connectivity index (χ3n) is 3.19. The quantitative estimate of drug-likeness (QED) is 0.778. The predicted octanol–water partition coefficient (Wildman–Crippen LogP) is 2.42. The summed E-state index contributed by atoms with van der Waals surface area (Å²) in [5, 5.41) is 3.11. The molecule has 0 aliphatic carbocycles. The first kappa shape index (κ1) is 11.6. The number of benzene rings is 1. The van der Waals surface area contributed by atoms with Gasteiger partial charge in [-0.1, -0.05) is 19.1 Å². The summed E-state index contributed by atoms with van der Waals surface area (Å²) < 4.78 is 2.01. The molecule has 0 unspecified atom stereocenters. The molecule has 3 aromatic rings. The normalized spacial score (nSPS) is 10.8. The first-order valence-corrected chi connectivity index (χ1v) is 6.29. The monoisotopic (exact) mass is 253 g/mol. The van der Waals surface area contributed by atoms with Crippen LogP contribution in [0, 0.1) is 0 Å². The summed E-state index contributed by atoms with van der Waals surface area (Å²) in [4.78, 5) is 13.1. The van der Waals surface area contributed by atoms with Gasteiger partial charge in [-0.3, -0.25) is 4.57 Å². The van der Waals surface area contributed by atoms with Crippen LogP contribution in [0.4, 0.5) is 5.82 Å². The third-order valence-corrected chi connectivity index (χ3v) is 3.19. The van der Waals surface area contributed by atoms with Gasteiger partial charge in [0.1, 0.15) is 24.3 Å². The Balaban J connectivity index is 2.27. The van der Waals surface area contributed by atoms with Crippen LogP contribution in [0.2, 0.25) is 0 Å². The molecular weight excluding hydrogens is 238 g/mol. The van der Waals surface area contributed by atoms with E-state index < -0.39 is 0 Å². The van der Waals surface area contributed by atoms with Crippen LogP contribution in [-0.4, -0.2) is 26.6 Å². The molecular formula is C14H15N5. The molecule has 0 fully saturated rings. The Hall–Kier alpha value is -2.43. The number of hydrogen-bond donors (Lipinski definition) is 1. The fourth-order valence-corrected chi connectivity index (χ4v) is 2.28. The van der Waals surface area contributed by atoms with E-state index in [2.05, 4.69) is 27.2 Å². The van der Waals surface area contributed by atoms with Crippen molar-refractivity contribution >= 4 is 16.9 Å². The highest BCUT2D eigenvalue weighted by Gasteiger charge is 2.12. The van der Waals surface area contributed by atoms with Gasteiger partial charge < -0.3 is 5.32 Å². The molecule has 1 aromatic carbocycles. The molecule has 5 heteroatoms. The molecule has 5 nitrogen and oxygen atoms in total. The Morgan fingerprint density at radius 1 is 1.16 bits per heavy atom. The van der Waals surface area contributed by atoms with E-state index in [4.69, 9.17) is 0 Å². The van der Waals surface area contributed by atoms with Gasteiger partial charge in [0.05, 0.1) is 11.0 Å². The fourth-order valence-electron chi connectivity index (χ4n) is 2.28. The molecule has 19 heavy (non-hydrogen) atoms. The number of hydrogen-bond acceptors (Lipinski definition) is 4. The molecule has 3 rings (SSSR count). The molecule has 0 amide bonds. The van der Waals surface area contributed by atoms with Crippen molar-refractivity contribution < 1.29 is 0 Å². The van der Waals surface area contributed by atoms with Crippen molar-refractivity contribution in [3.63, 3.8) is 0 Å². The minimum atomic E-state index is 0.860. The zero-order chi connectivity index (χ0) is 13.2. The van der Waals surface area contributed by atoms with Crippen LogP contribution in [0.1, 0.15) is 12.5 Å². The molecule has 0 radical (unpaired) electrons. The molecule has 0 saturated carbocycles. The Morgan fingerprint density at radius 3 is 2.79 bits per heavy atom. The number of imidazole rings is 1. The number of nitrogens with one attached hydrogen (secondary N) is 1. The standard InChI is InChI=1S/C14H15N5/c1-3-10-13(15-2)16-8-17-14(10)19-9-18-11-6-4-5-7-12(11)19/h4-9H,3H2,1-2H3,(H,15,16,17).